The van der Waals surface area contributed by atoms with Gasteiger partial charge in [-0.1, -0.05) is 11.6 Å². The van der Waals surface area contributed by atoms with E-state index in [9.17, 15) is 19.2 Å². The van der Waals surface area contributed by atoms with Crippen LogP contribution in [0.25, 0.3) is 0 Å². The molecule has 0 saturated heterocycles. The highest BCUT2D eigenvalue weighted by Gasteiger charge is 2.35. The predicted octanol–water partition coefficient (Wildman–Crippen LogP) is 2.72. The topological polar surface area (TPSA) is 97.1 Å². The van der Waals surface area contributed by atoms with E-state index in [0.717, 1.165) is 5.56 Å². The van der Waals surface area contributed by atoms with Crippen molar-refractivity contribution < 1.29 is 28.3 Å². The first-order valence-electron chi connectivity index (χ1n) is 9.61. The Morgan fingerprint density at radius 2 is 1.80 bits per heavy atom. The van der Waals surface area contributed by atoms with Gasteiger partial charge in [-0.05, 0) is 38.5 Å². The fraction of sp³-hybridized carbons (Fsp3) is 0.364. The summed E-state index contributed by atoms with van der Waals surface area (Å²) in [6.45, 7) is 3.89. The maximum absolute atomic E-state index is 12.5. The molecule has 0 radical (unpaired) electrons. The summed E-state index contributed by atoms with van der Waals surface area (Å²) in [5.74, 6) is -0.389. The van der Waals surface area contributed by atoms with Crippen molar-refractivity contribution >= 4 is 23.7 Å². The van der Waals surface area contributed by atoms with Crippen molar-refractivity contribution in [2.45, 2.75) is 33.2 Å². The predicted molar refractivity (Wildman–Crippen MR) is 107 cm³/mol. The summed E-state index contributed by atoms with van der Waals surface area (Å²) < 4.78 is 10.2. The third-order valence-electron chi connectivity index (χ3n) is 5.09. The van der Waals surface area contributed by atoms with Crippen LogP contribution in [-0.2, 0) is 16.1 Å². The number of furan rings is 1. The molecule has 0 spiro atoms. The first kappa shape index (κ1) is 21.3. The van der Waals surface area contributed by atoms with Crippen LogP contribution in [0.1, 0.15) is 61.0 Å². The molecule has 2 aromatic rings. The zero-order valence-corrected chi connectivity index (χ0v) is 17.5. The van der Waals surface area contributed by atoms with Crippen molar-refractivity contribution in [2.75, 3.05) is 20.7 Å². The Morgan fingerprint density at radius 3 is 2.50 bits per heavy atom. The third kappa shape index (κ3) is 4.12. The highest BCUT2D eigenvalue weighted by atomic mass is 16.5. The van der Waals surface area contributed by atoms with Crippen LogP contribution in [0.15, 0.2) is 28.7 Å². The maximum atomic E-state index is 12.5. The maximum Gasteiger partial charge on any atom is 0.341 e. The molecule has 1 aromatic carbocycles. The van der Waals surface area contributed by atoms with Crippen LogP contribution in [0.5, 0.6) is 0 Å². The van der Waals surface area contributed by atoms with Crippen molar-refractivity contribution in [3.8, 4) is 0 Å². The first-order valence-corrected chi connectivity index (χ1v) is 9.61. The third-order valence-corrected chi connectivity index (χ3v) is 5.09. The number of hydrogen-bond donors (Lipinski definition) is 0. The number of carbonyl (C=O) groups is 4. The highest BCUT2D eigenvalue weighted by molar-refractivity contribution is 6.21. The lowest BCUT2D eigenvalue weighted by Gasteiger charge is -2.17. The molecule has 0 bridgehead atoms. The van der Waals surface area contributed by atoms with Crippen molar-refractivity contribution in [1.29, 1.82) is 0 Å². The Morgan fingerprint density at radius 1 is 1.10 bits per heavy atom. The van der Waals surface area contributed by atoms with E-state index in [1.54, 1.807) is 38.2 Å². The van der Waals surface area contributed by atoms with E-state index in [0.29, 0.717) is 34.6 Å². The van der Waals surface area contributed by atoms with E-state index in [1.807, 2.05) is 6.92 Å². The first-order chi connectivity index (χ1) is 14.2. The molecule has 3 amide bonds. The minimum Gasteiger partial charge on any atom is -0.465 e. The fourth-order valence-corrected chi connectivity index (χ4v) is 3.44. The fourth-order valence-electron chi connectivity index (χ4n) is 3.44. The summed E-state index contributed by atoms with van der Waals surface area (Å²) >= 11 is 0. The number of methoxy groups -OCH3 is 1. The van der Waals surface area contributed by atoms with Gasteiger partial charge in [0.25, 0.3) is 11.8 Å². The minimum absolute atomic E-state index is 0.156. The molecule has 0 saturated carbocycles. The molecule has 1 aliphatic heterocycles. The van der Waals surface area contributed by atoms with Crippen molar-refractivity contribution in [2.24, 2.45) is 0 Å². The molecule has 158 valence electrons. The number of carbonyl (C=O) groups excluding carboxylic acids is 4. The van der Waals surface area contributed by atoms with Gasteiger partial charge in [0.1, 0.15) is 17.1 Å². The Labute approximate surface area is 174 Å². The average molecular weight is 412 g/mol. The number of benzene rings is 1. The van der Waals surface area contributed by atoms with Gasteiger partial charge < -0.3 is 14.1 Å². The summed E-state index contributed by atoms with van der Waals surface area (Å²) in [5, 5.41) is 0. The lowest BCUT2D eigenvalue weighted by atomic mass is 10.1. The van der Waals surface area contributed by atoms with E-state index in [2.05, 4.69) is 0 Å². The van der Waals surface area contributed by atoms with Crippen molar-refractivity contribution in [1.82, 2.24) is 9.80 Å². The quantitative estimate of drug-likeness (QED) is 0.512. The summed E-state index contributed by atoms with van der Waals surface area (Å²) in [6.07, 6.45) is 0.532. The average Bonchev–Trinajstić information content (AvgIpc) is 3.19. The van der Waals surface area contributed by atoms with Crippen LogP contribution in [0, 0.1) is 13.8 Å². The standard InChI is InChI=1S/C22H24N2O6/c1-13-7-8-16-18(10-13)21(27)24(20(16)26)9-5-6-19(25)23(3)12-15-11-17(14(2)30-15)22(28)29-4/h7-8,10-11H,5-6,9,12H2,1-4H3. The van der Waals surface area contributed by atoms with Crippen LogP contribution < -0.4 is 0 Å². The smallest absolute Gasteiger partial charge is 0.341 e. The molecular formula is C22H24N2O6. The van der Waals surface area contributed by atoms with E-state index in [1.165, 1.54) is 16.9 Å². The Balaban J connectivity index is 1.53. The molecule has 0 unspecified atom stereocenters. The van der Waals surface area contributed by atoms with Crippen LogP contribution in [0.2, 0.25) is 0 Å². The molecule has 8 heteroatoms. The second-order valence-corrected chi connectivity index (χ2v) is 7.34. The van der Waals surface area contributed by atoms with Gasteiger partial charge in [0.2, 0.25) is 5.91 Å². The molecule has 30 heavy (non-hydrogen) atoms. The second-order valence-electron chi connectivity index (χ2n) is 7.34. The summed E-state index contributed by atoms with van der Waals surface area (Å²) in [6, 6.07) is 6.74. The van der Waals surface area contributed by atoms with Gasteiger partial charge in [-0.3, -0.25) is 19.3 Å². The number of rotatable bonds is 7. The van der Waals surface area contributed by atoms with Gasteiger partial charge in [-0.2, -0.15) is 0 Å². The summed E-state index contributed by atoms with van der Waals surface area (Å²) in [7, 11) is 2.92. The van der Waals surface area contributed by atoms with Crippen LogP contribution >= 0.6 is 0 Å². The van der Waals surface area contributed by atoms with Crippen LogP contribution in [0.4, 0.5) is 0 Å². The molecule has 8 nitrogen and oxygen atoms in total. The van der Waals surface area contributed by atoms with E-state index in [4.69, 9.17) is 9.15 Å². The second kappa shape index (κ2) is 8.52. The molecule has 1 aliphatic rings. The van der Waals surface area contributed by atoms with Gasteiger partial charge in [-0.25, -0.2) is 4.79 Å². The largest absolute Gasteiger partial charge is 0.465 e. The van der Waals surface area contributed by atoms with Gasteiger partial charge in [0.05, 0.1) is 24.8 Å². The minimum atomic E-state index is -0.493. The molecule has 0 atom stereocenters. The van der Waals surface area contributed by atoms with Gasteiger partial charge in [0, 0.05) is 20.0 Å². The highest BCUT2D eigenvalue weighted by Crippen LogP contribution is 2.24. The van der Waals surface area contributed by atoms with Crippen molar-refractivity contribution in [3.63, 3.8) is 0 Å². The monoisotopic (exact) mass is 412 g/mol. The number of amides is 3. The Hall–Kier alpha value is -3.42. The lowest BCUT2D eigenvalue weighted by molar-refractivity contribution is -0.130. The number of fused-ring (bicyclic) bond motifs is 1. The van der Waals surface area contributed by atoms with Gasteiger partial charge >= 0.3 is 5.97 Å². The number of hydrogen-bond acceptors (Lipinski definition) is 6. The number of ether oxygens (including phenoxy) is 1. The zero-order valence-electron chi connectivity index (χ0n) is 17.5. The van der Waals surface area contributed by atoms with Crippen LogP contribution in [0.3, 0.4) is 0 Å². The Kier molecular flexibility index (Phi) is 6.05. The molecule has 0 fully saturated rings. The number of imide groups is 1. The van der Waals surface area contributed by atoms with E-state index < -0.39 is 5.97 Å². The number of esters is 1. The number of aryl methyl sites for hydroxylation is 2. The normalized spacial score (nSPS) is 12.9. The summed E-state index contributed by atoms with van der Waals surface area (Å²) in [4.78, 5) is 51.7. The van der Waals surface area contributed by atoms with Crippen molar-refractivity contribution in [3.05, 3.63) is 58.0 Å². The number of nitrogens with zero attached hydrogens (tertiary/aromatic N) is 2. The zero-order chi connectivity index (χ0) is 22.0. The lowest BCUT2D eigenvalue weighted by Crippen LogP contribution is -2.32. The molecule has 1 aromatic heterocycles. The van der Waals surface area contributed by atoms with E-state index >= 15 is 0 Å². The summed E-state index contributed by atoms with van der Waals surface area (Å²) in [5.41, 5.74) is 2.06. The molecular weight excluding hydrogens is 388 g/mol. The SMILES string of the molecule is COC(=O)c1cc(CN(C)C(=O)CCCN2C(=O)c3ccc(C)cc3C2=O)oc1C. The Bertz CT molecular complexity index is 1020. The molecule has 0 N–H and O–H groups in total. The van der Waals surface area contributed by atoms with Gasteiger partial charge in [0.15, 0.2) is 0 Å². The molecule has 0 aliphatic carbocycles. The molecule has 2 heterocycles. The van der Waals surface area contributed by atoms with Gasteiger partial charge in [-0.15, -0.1) is 0 Å². The molecule has 3 rings (SSSR count). The van der Waals surface area contributed by atoms with Crippen LogP contribution in [-0.4, -0.2) is 54.2 Å². The van der Waals surface area contributed by atoms with E-state index in [-0.39, 0.29) is 37.2 Å².